The molecule has 17 atom stereocenters. The second-order valence-corrected chi connectivity index (χ2v) is 19.5. The average molecular weight is 739 g/mol. The number of fused-ring (bicyclic) bond motifs is 3. The van der Waals surface area contributed by atoms with E-state index in [1.807, 2.05) is 0 Å². The van der Waals surface area contributed by atoms with E-state index >= 15 is 0 Å². The summed E-state index contributed by atoms with van der Waals surface area (Å²) in [6.07, 6.45) is -2.40. The number of hydrogen-bond acceptors (Lipinski definition) is 12. The topological polar surface area (TPSA) is 192 Å². The molecule has 5 saturated carbocycles. The van der Waals surface area contributed by atoms with Crippen LogP contribution in [0.15, 0.2) is 0 Å². The number of esters is 2. The fraction of sp³-hybridized carbons (Fsp3) is 0.950. The largest absolute Gasteiger partial charge is 0.463 e. The van der Waals surface area contributed by atoms with Crippen LogP contribution in [-0.4, -0.2) is 110 Å². The van der Waals surface area contributed by atoms with E-state index in [-0.39, 0.29) is 63.5 Å². The molecule has 0 bridgehead atoms. The van der Waals surface area contributed by atoms with Crippen LogP contribution in [-0.2, 0) is 28.5 Å². The number of rotatable bonds is 10. The van der Waals surface area contributed by atoms with Gasteiger partial charge < -0.3 is 49.6 Å². The van der Waals surface area contributed by atoms with Crippen molar-refractivity contribution in [1.29, 1.82) is 0 Å². The smallest absolute Gasteiger partial charge is 0.302 e. The standard InChI is InChI=1S/C40H66O12/c1-20(16-24(43)33(47)36(6,7)48)23-10-15-40-19-39(23,40)14-11-26-37(8)13-12-28(50-22(3)42)35(4,5)27(37)17-29(38(26,40)9)52-34-32(46)31(45)30(44)25(51-34)18-49-21(2)41/h20,23-34,43-48H,10-19H2,1-9H3/t20?,23-,24?,25+,26+,27-,28+,29+,30+,31-,32+,33?,34-,37+,38-,39+,40+/m0/s1. The molecule has 0 aromatic carbocycles. The number of carbonyl (C=O) groups is 2. The number of aliphatic hydroxyl groups is 6. The Balaban J connectivity index is 1.36. The quantitative estimate of drug-likeness (QED) is 0.142. The Bertz CT molecular complexity index is 1360. The summed E-state index contributed by atoms with van der Waals surface area (Å²) in [5, 5.41) is 65.2. The minimum Gasteiger partial charge on any atom is -0.463 e. The van der Waals surface area contributed by atoms with Crippen LogP contribution in [0.1, 0.15) is 120 Å². The van der Waals surface area contributed by atoms with Crippen molar-refractivity contribution in [3.8, 4) is 0 Å². The van der Waals surface area contributed by atoms with E-state index in [1.165, 1.54) is 27.7 Å². The first-order chi connectivity index (χ1) is 24.0. The van der Waals surface area contributed by atoms with E-state index in [9.17, 15) is 40.2 Å². The lowest BCUT2D eigenvalue weighted by Gasteiger charge is -2.69. The van der Waals surface area contributed by atoms with Gasteiger partial charge in [-0.2, -0.15) is 0 Å². The number of ether oxygens (including phenoxy) is 4. The van der Waals surface area contributed by atoms with Crippen LogP contribution in [0, 0.1) is 50.7 Å². The van der Waals surface area contributed by atoms with Crippen molar-refractivity contribution >= 4 is 11.9 Å². The lowest BCUT2D eigenvalue weighted by Crippen LogP contribution is -2.68. The molecule has 0 amide bonds. The molecule has 12 nitrogen and oxygen atoms in total. The molecule has 5 aliphatic carbocycles. The van der Waals surface area contributed by atoms with Crippen LogP contribution in [0.25, 0.3) is 0 Å². The van der Waals surface area contributed by atoms with E-state index < -0.39 is 60.6 Å². The van der Waals surface area contributed by atoms with Crippen LogP contribution in [0.3, 0.4) is 0 Å². The summed E-state index contributed by atoms with van der Waals surface area (Å²) in [6.45, 7) is 16.7. The summed E-state index contributed by atoms with van der Waals surface area (Å²) in [5.74, 6) is -0.142. The van der Waals surface area contributed by atoms with Gasteiger partial charge >= 0.3 is 11.9 Å². The van der Waals surface area contributed by atoms with Gasteiger partial charge in [0.15, 0.2) is 6.29 Å². The molecule has 1 heterocycles. The highest BCUT2D eigenvalue weighted by atomic mass is 16.7. The molecule has 6 N–H and O–H groups in total. The highest BCUT2D eigenvalue weighted by Gasteiger charge is 2.85. The predicted octanol–water partition coefficient (Wildman–Crippen LogP) is 3.24. The van der Waals surface area contributed by atoms with E-state index in [0.717, 1.165) is 44.9 Å². The van der Waals surface area contributed by atoms with Crippen molar-refractivity contribution < 1.29 is 59.2 Å². The molecule has 0 radical (unpaired) electrons. The van der Waals surface area contributed by atoms with Crippen LogP contribution < -0.4 is 0 Å². The highest BCUT2D eigenvalue weighted by molar-refractivity contribution is 5.66. The second-order valence-electron chi connectivity index (χ2n) is 19.5. The fourth-order valence-electron chi connectivity index (χ4n) is 13.7. The Hall–Kier alpha value is -1.38. The predicted molar refractivity (Wildman–Crippen MR) is 188 cm³/mol. The first kappa shape index (κ1) is 40.3. The third-order valence-electron chi connectivity index (χ3n) is 16.2. The van der Waals surface area contributed by atoms with Gasteiger partial charge in [-0.3, -0.25) is 9.59 Å². The molecule has 1 saturated heterocycles. The minimum absolute atomic E-state index is 0.00590. The minimum atomic E-state index is -1.58. The Morgan fingerprint density at radius 3 is 2.17 bits per heavy atom. The molecule has 298 valence electrons. The Kier molecular flexibility index (Phi) is 10.4. The van der Waals surface area contributed by atoms with Crippen LogP contribution in [0.4, 0.5) is 0 Å². The molecular weight excluding hydrogens is 672 g/mol. The summed E-state index contributed by atoms with van der Waals surface area (Å²) >= 11 is 0. The van der Waals surface area contributed by atoms with Crippen molar-refractivity contribution in [3.05, 3.63) is 0 Å². The zero-order valence-corrected chi connectivity index (χ0v) is 32.7. The summed E-state index contributed by atoms with van der Waals surface area (Å²) < 4.78 is 24.3. The molecule has 6 aliphatic rings. The highest BCUT2D eigenvalue weighted by Crippen LogP contribution is 2.91. The van der Waals surface area contributed by atoms with Crippen LogP contribution >= 0.6 is 0 Å². The number of aliphatic hydroxyl groups excluding tert-OH is 5. The van der Waals surface area contributed by atoms with Gasteiger partial charge in [-0.1, -0.05) is 34.6 Å². The molecular formula is C40H66O12. The molecule has 12 heteroatoms. The average Bonchev–Trinajstić information content (AvgIpc) is 3.61. The Labute approximate surface area is 308 Å². The number of hydrogen-bond donors (Lipinski definition) is 6. The first-order valence-electron chi connectivity index (χ1n) is 19.7. The van der Waals surface area contributed by atoms with E-state index in [1.54, 1.807) is 0 Å². The molecule has 0 aromatic heterocycles. The zero-order valence-electron chi connectivity index (χ0n) is 32.7. The van der Waals surface area contributed by atoms with Gasteiger partial charge in [0.2, 0.25) is 0 Å². The molecule has 0 aromatic rings. The summed E-state index contributed by atoms with van der Waals surface area (Å²) in [5.41, 5.74) is -2.38. The Morgan fingerprint density at radius 1 is 0.885 bits per heavy atom. The van der Waals surface area contributed by atoms with Crippen LogP contribution in [0.2, 0.25) is 0 Å². The van der Waals surface area contributed by atoms with Crippen molar-refractivity contribution in [2.75, 3.05) is 6.61 Å². The second kappa shape index (κ2) is 13.4. The monoisotopic (exact) mass is 738 g/mol. The van der Waals surface area contributed by atoms with Gasteiger partial charge in [0.05, 0.1) is 17.8 Å². The van der Waals surface area contributed by atoms with Gasteiger partial charge in [-0.25, -0.2) is 0 Å². The third-order valence-corrected chi connectivity index (χ3v) is 16.2. The lowest BCUT2D eigenvalue weighted by molar-refractivity contribution is -0.344. The molecule has 6 fully saturated rings. The van der Waals surface area contributed by atoms with Gasteiger partial charge in [-0.05, 0) is 112 Å². The summed E-state index contributed by atoms with van der Waals surface area (Å²) in [6, 6.07) is 0. The summed E-state index contributed by atoms with van der Waals surface area (Å²) in [4.78, 5) is 23.9. The normalized spacial score (nSPS) is 48.2. The molecule has 0 spiro atoms. The Morgan fingerprint density at radius 2 is 1.56 bits per heavy atom. The lowest BCUT2D eigenvalue weighted by atomic mass is 9.37. The zero-order chi connectivity index (χ0) is 38.6. The van der Waals surface area contributed by atoms with Gasteiger partial charge in [0.25, 0.3) is 0 Å². The fourth-order valence-corrected chi connectivity index (χ4v) is 13.7. The maximum Gasteiger partial charge on any atom is 0.302 e. The number of carbonyl (C=O) groups excluding carboxylic acids is 2. The van der Waals surface area contributed by atoms with Gasteiger partial charge in [-0.15, -0.1) is 0 Å². The van der Waals surface area contributed by atoms with Crippen molar-refractivity contribution in [2.45, 2.75) is 181 Å². The van der Waals surface area contributed by atoms with Crippen molar-refractivity contribution in [3.63, 3.8) is 0 Å². The molecule has 1 aliphatic heterocycles. The third kappa shape index (κ3) is 5.99. The molecule has 52 heavy (non-hydrogen) atoms. The van der Waals surface area contributed by atoms with Gasteiger partial charge in [0.1, 0.15) is 43.2 Å². The van der Waals surface area contributed by atoms with E-state index in [4.69, 9.17) is 18.9 Å². The van der Waals surface area contributed by atoms with E-state index in [0.29, 0.717) is 18.8 Å². The molecule has 6 rings (SSSR count). The first-order valence-corrected chi connectivity index (χ1v) is 19.7. The van der Waals surface area contributed by atoms with Crippen molar-refractivity contribution in [2.24, 2.45) is 50.7 Å². The van der Waals surface area contributed by atoms with Gasteiger partial charge in [0, 0.05) is 24.7 Å². The van der Waals surface area contributed by atoms with Crippen molar-refractivity contribution in [1.82, 2.24) is 0 Å². The summed E-state index contributed by atoms with van der Waals surface area (Å²) in [7, 11) is 0. The van der Waals surface area contributed by atoms with Crippen LogP contribution in [0.5, 0.6) is 0 Å². The maximum atomic E-state index is 12.3. The SMILES string of the molecule is CC(=O)OC[C@H]1O[C@@H](O[C@@H]2C[C@H]3C(C)(C)[C@H](OC(C)=O)CC[C@]3(C)[C@H]3CC[C@]45C[C@]4(CC[C@H]5C(C)CC(O)C(O)C(C)(C)O)[C@@]32C)[C@H](O)[C@@H](O)[C@@H]1O. The van der Waals surface area contributed by atoms with E-state index in [2.05, 4.69) is 34.6 Å². The maximum absolute atomic E-state index is 12.3. The molecule has 3 unspecified atom stereocenters.